The lowest BCUT2D eigenvalue weighted by atomic mass is 10.0. The van der Waals surface area contributed by atoms with Crippen LogP contribution in [0.15, 0.2) is 35.1 Å². The number of aryl methyl sites for hydroxylation is 2. The maximum Gasteiger partial charge on any atom is 0.162 e. The maximum absolute atomic E-state index is 5.41. The summed E-state index contributed by atoms with van der Waals surface area (Å²) >= 11 is 1.69. The largest absolute Gasteiger partial charge is 0.462 e. The molecule has 0 aromatic carbocycles. The molecule has 6 nitrogen and oxygen atoms in total. The van der Waals surface area contributed by atoms with Crippen molar-refractivity contribution in [2.45, 2.75) is 39.3 Å². The van der Waals surface area contributed by atoms with Crippen molar-refractivity contribution in [1.82, 2.24) is 20.3 Å². The Kier molecular flexibility index (Phi) is 4.99. The number of thiazole rings is 1. The molecule has 7 heteroatoms. The smallest absolute Gasteiger partial charge is 0.162 e. The lowest BCUT2D eigenvalue weighted by molar-refractivity contribution is 0.413. The van der Waals surface area contributed by atoms with Crippen LogP contribution in [0.5, 0.6) is 0 Å². The van der Waals surface area contributed by atoms with Gasteiger partial charge in [0.1, 0.15) is 11.6 Å². The highest BCUT2D eigenvalue weighted by atomic mass is 32.1. The summed E-state index contributed by atoms with van der Waals surface area (Å²) in [7, 11) is 0. The van der Waals surface area contributed by atoms with Crippen molar-refractivity contribution in [3.05, 3.63) is 47.1 Å². The van der Waals surface area contributed by atoms with Crippen molar-refractivity contribution in [2.75, 3.05) is 18.0 Å². The van der Waals surface area contributed by atoms with Crippen molar-refractivity contribution >= 4 is 17.2 Å². The molecule has 1 fully saturated rings. The number of piperidine rings is 1. The topological polar surface area (TPSA) is 67.1 Å². The van der Waals surface area contributed by atoms with Crippen LogP contribution in [0.1, 0.15) is 29.2 Å². The van der Waals surface area contributed by atoms with Crippen molar-refractivity contribution in [1.29, 1.82) is 0 Å². The van der Waals surface area contributed by atoms with Crippen LogP contribution in [0.2, 0.25) is 0 Å². The summed E-state index contributed by atoms with van der Waals surface area (Å²) in [5, 5.41) is 4.61. The fourth-order valence-electron chi connectivity index (χ4n) is 3.32. The molecule has 4 heterocycles. The number of aromatic nitrogens is 3. The Morgan fingerprint density at radius 2 is 2.12 bits per heavy atom. The second kappa shape index (κ2) is 7.55. The zero-order valence-corrected chi connectivity index (χ0v) is 15.9. The van der Waals surface area contributed by atoms with Crippen molar-refractivity contribution in [3.8, 4) is 10.8 Å². The molecule has 0 spiro atoms. The van der Waals surface area contributed by atoms with Gasteiger partial charge in [0.05, 0.1) is 6.26 Å². The van der Waals surface area contributed by atoms with Crippen LogP contribution in [0.4, 0.5) is 5.82 Å². The molecular formula is C19H23N5OS. The van der Waals surface area contributed by atoms with Crippen LogP contribution in [0, 0.1) is 13.8 Å². The number of nitrogens with one attached hydrogen (secondary N) is 1. The number of hydrogen-bond donors (Lipinski definition) is 1. The van der Waals surface area contributed by atoms with E-state index in [1.807, 2.05) is 32.2 Å². The van der Waals surface area contributed by atoms with Gasteiger partial charge >= 0.3 is 0 Å². The van der Waals surface area contributed by atoms with E-state index in [0.717, 1.165) is 60.6 Å². The van der Waals surface area contributed by atoms with Gasteiger partial charge in [0.2, 0.25) is 0 Å². The molecule has 0 saturated carbocycles. The van der Waals surface area contributed by atoms with E-state index in [9.17, 15) is 0 Å². The highest BCUT2D eigenvalue weighted by Crippen LogP contribution is 2.26. The Bertz CT molecular complexity index is 832. The third kappa shape index (κ3) is 3.94. The number of hydrogen-bond acceptors (Lipinski definition) is 7. The SMILES string of the molecule is Cc1cc(N2CCC(NCc3cnc(-c4ccco4)s3)CC2)nc(C)n1. The fourth-order valence-corrected chi connectivity index (χ4v) is 4.15. The Hall–Kier alpha value is -2.25. The molecule has 1 saturated heterocycles. The van der Waals surface area contributed by atoms with Gasteiger partial charge in [0.25, 0.3) is 0 Å². The van der Waals surface area contributed by atoms with Gasteiger partial charge in [-0.2, -0.15) is 0 Å². The molecule has 1 N–H and O–H groups in total. The van der Waals surface area contributed by atoms with Gasteiger partial charge in [-0.3, -0.25) is 0 Å². The van der Waals surface area contributed by atoms with Crippen LogP contribution in [-0.2, 0) is 6.54 Å². The summed E-state index contributed by atoms with van der Waals surface area (Å²) in [5.41, 5.74) is 1.03. The first-order chi connectivity index (χ1) is 12.7. The van der Waals surface area contributed by atoms with Crippen molar-refractivity contribution in [3.63, 3.8) is 0 Å². The molecule has 26 heavy (non-hydrogen) atoms. The van der Waals surface area contributed by atoms with E-state index in [1.54, 1.807) is 17.6 Å². The molecular weight excluding hydrogens is 346 g/mol. The number of anilines is 1. The van der Waals surface area contributed by atoms with Crippen LogP contribution >= 0.6 is 11.3 Å². The van der Waals surface area contributed by atoms with Gasteiger partial charge in [0.15, 0.2) is 10.8 Å². The Balaban J connectivity index is 1.29. The average molecular weight is 369 g/mol. The molecule has 1 aliphatic rings. The average Bonchev–Trinajstić information content (AvgIpc) is 3.31. The van der Waals surface area contributed by atoms with Crippen LogP contribution in [-0.4, -0.2) is 34.1 Å². The Labute approximate surface area is 157 Å². The number of furan rings is 1. The second-order valence-electron chi connectivity index (χ2n) is 6.67. The molecule has 0 unspecified atom stereocenters. The summed E-state index contributed by atoms with van der Waals surface area (Å²) in [6.07, 6.45) is 5.86. The normalized spacial score (nSPS) is 15.5. The van der Waals surface area contributed by atoms with E-state index in [2.05, 4.69) is 31.2 Å². The summed E-state index contributed by atoms with van der Waals surface area (Å²) in [5.74, 6) is 2.74. The monoisotopic (exact) mass is 369 g/mol. The molecule has 0 amide bonds. The standard InChI is InChI=1S/C19H23N5OS/c1-13-10-18(23-14(2)22-13)24-7-5-15(6-8-24)20-11-16-12-21-19(26-16)17-4-3-9-25-17/h3-4,9-10,12,15,20H,5-8,11H2,1-2H3. The summed E-state index contributed by atoms with van der Waals surface area (Å²) in [6, 6.07) is 6.45. The van der Waals surface area contributed by atoms with Crippen LogP contribution in [0.3, 0.4) is 0 Å². The van der Waals surface area contributed by atoms with Crippen LogP contribution < -0.4 is 10.2 Å². The van der Waals surface area contributed by atoms with E-state index in [0.29, 0.717) is 6.04 Å². The Morgan fingerprint density at radius 3 is 2.85 bits per heavy atom. The minimum absolute atomic E-state index is 0.532. The molecule has 3 aromatic heterocycles. The van der Waals surface area contributed by atoms with E-state index < -0.39 is 0 Å². The quantitative estimate of drug-likeness (QED) is 0.742. The van der Waals surface area contributed by atoms with E-state index in [1.165, 1.54) is 4.88 Å². The zero-order valence-electron chi connectivity index (χ0n) is 15.1. The summed E-state index contributed by atoms with van der Waals surface area (Å²) < 4.78 is 5.41. The zero-order chi connectivity index (χ0) is 17.9. The Morgan fingerprint density at radius 1 is 1.27 bits per heavy atom. The van der Waals surface area contributed by atoms with Gasteiger partial charge in [0, 0.05) is 48.5 Å². The van der Waals surface area contributed by atoms with Crippen LogP contribution in [0.25, 0.3) is 10.8 Å². The van der Waals surface area contributed by atoms with E-state index in [4.69, 9.17) is 4.42 Å². The first-order valence-electron chi connectivity index (χ1n) is 8.96. The predicted molar refractivity (Wildman–Crippen MR) is 103 cm³/mol. The molecule has 1 aliphatic heterocycles. The van der Waals surface area contributed by atoms with Gasteiger partial charge in [-0.15, -0.1) is 11.3 Å². The number of nitrogens with zero attached hydrogens (tertiary/aromatic N) is 4. The molecule has 0 atom stereocenters. The highest BCUT2D eigenvalue weighted by Gasteiger charge is 2.20. The molecule has 0 radical (unpaired) electrons. The van der Waals surface area contributed by atoms with Gasteiger partial charge in [-0.25, -0.2) is 15.0 Å². The minimum atomic E-state index is 0.532. The maximum atomic E-state index is 5.41. The van der Waals surface area contributed by atoms with Crippen molar-refractivity contribution in [2.24, 2.45) is 0 Å². The fraction of sp³-hybridized carbons (Fsp3) is 0.421. The predicted octanol–water partition coefficient (Wildman–Crippen LogP) is 3.57. The third-order valence-electron chi connectivity index (χ3n) is 4.62. The van der Waals surface area contributed by atoms with Crippen molar-refractivity contribution < 1.29 is 4.42 Å². The summed E-state index contributed by atoms with van der Waals surface area (Å²) in [6.45, 7) is 6.88. The molecule has 0 bridgehead atoms. The first-order valence-corrected chi connectivity index (χ1v) is 9.78. The first kappa shape index (κ1) is 17.2. The lowest BCUT2D eigenvalue weighted by Gasteiger charge is -2.33. The van der Waals surface area contributed by atoms with E-state index in [-0.39, 0.29) is 0 Å². The van der Waals surface area contributed by atoms with Gasteiger partial charge in [-0.1, -0.05) is 0 Å². The highest BCUT2D eigenvalue weighted by molar-refractivity contribution is 7.14. The van der Waals surface area contributed by atoms with Gasteiger partial charge in [-0.05, 0) is 38.8 Å². The second-order valence-corrected chi connectivity index (χ2v) is 7.78. The molecule has 136 valence electrons. The lowest BCUT2D eigenvalue weighted by Crippen LogP contribution is -2.42. The van der Waals surface area contributed by atoms with E-state index >= 15 is 0 Å². The minimum Gasteiger partial charge on any atom is -0.462 e. The molecule has 4 rings (SSSR count). The molecule has 3 aromatic rings. The third-order valence-corrected chi connectivity index (χ3v) is 5.63. The summed E-state index contributed by atoms with van der Waals surface area (Å²) in [4.78, 5) is 17.0. The van der Waals surface area contributed by atoms with Gasteiger partial charge < -0.3 is 14.6 Å². The number of rotatable bonds is 5. The molecule has 0 aliphatic carbocycles.